The molecule has 6 heterocycles. The number of aromatic nitrogens is 4. The molecule has 0 saturated heterocycles. The number of benzene rings is 18. The molecule has 0 spiro atoms. The summed E-state index contributed by atoms with van der Waals surface area (Å²) in [5, 5.41) is 19.5. The summed E-state index contributed by atoms with van der Waals surface area (Å²) < 4.78 is 21.8. The summed E-state index contributed by atoms with van der Waals surface area (Å²) in [5.41, 5.74) is 27.4. The Morgan fingerprint density at radius 2 is 0.409 bits per heavy atom. The first kappa shape index (κ1) is 61.6. The molecule has 6 nitrogen and oxygen atoms in total. The first-order valence-corrected chi connectivity index (χ1v) is 37.7. The molecule has 0 bridgehead atoms. The van der Waals surface area contributed by atoms with Crippen LogP contribution in [-0.2, 0) is 0 Å². The van der Waals surface area contributed by atoms with E-state index in [2.05, 4.69) is 382 Å². The van der Waals surface area contributed by atoms with E-state index >= 15 is 0 Å². The number of hydrogen-bond acceptors (Lipinski definition) is 2. The Morgan fingerprint density at radius 1 is 0.136 bits per heavy atom. The summed E-state index contributed by atoms with van der Waals surface area (Å²) in [5.74, 6) is 0. The van der Waals surface area contributed by atoms with Crippen molar-refractivity contribution in [3.8, 4) is 67.3 Å². The third-order valence-electron chi connectivity index (χ3n) is 23.0. The lowest BCUT2D eigenvalue weighted by atomic mass is 10.0. The van der Waals surface area contributed by atoms with E-state index in [0.717, 1.165) is 55.3 Å². The van der Waals surface area contributed by atoms with Crippen LogP contribution in [0, 0.1) is 0 Å². The van der Waals surface area contributed by atoms with E-state index in [1.807, 2.05) is 24.3 Å². The molecule has 18 aromatic carbocycles. The number of rotatable bonds is 8. The lowest BCUT2D eigenvalue weighted by Crippen LogP contribution is -1.94. The standard InChI is InChI=1S/2C52H32N2O/c1-2-11-34-28-40(24-20-33(34)10-1)54-48-18-7-4-15-42(48)45-31-37(22-26-50(45)54)36-21-25-49-44(30-36)41-14-3-6-17-47(41)53(49)39-13-9-12-35(29-39)38-23-27-52-46(32-38)43-16-5-8-19-51(43)55-52;1-2-10-35-29-40(25-19-33(35)9-1)54-48-15-7-4-12-42(48)45-31-38(21-27-50(45)54)37-20-26-49-44(30-37)41-11-3-6-14-47(41)53(49)39-23-17-34(18-24-39)36-22-28-52-46(32-36)43-13-5-8-16-51(43)55-52/h2*1-32H. The van der Waals surface area contributed by atoms with Crippen LogP contribution in [0.15, 0.2) is 397 Å². The fourth-order valence-corrected chi connectivity index (χ4v) is 17.8. The fraction of sp³-hybridized carbons (Fsp3) is 0. The van der Waals surface area contributed by atoms with E-state index in [1.54, 1.807) is 0 Å². The quantitative estimate of drug-likeness (QED) is 0.152. The van der Waals surface area contributed by atoms with Gasteiger partial charge in [-0.05, 0) is 224 Å². The van der Waals surface area contributed by atoms with Gasteiger partial charge in [0.05, 0.1) is 44.1 Å². The first-order valence-electron chi connectivity index (χ1n) is 37.7. The molecule has 24 aromatic rings. The SMILES string of the molecule is c1cc(-c2ccc3oc4ccccc4c3c2)cc(-n2c3ccccc3c3cc(-c4ccc5c(c4)c4ccccc4n5-c4ccc5ccccc5c4)ccc32)c1.c1ccc2cc(-n3c4ccccc4c4cc(-c5ccc6c(c5)c5ccccc5n6-c5ccc(-c6ccc7oc8ccccc8c7c6)cc5)ccc43)ccc2c1. The van der Waals surface area contributed by atoms with Crippen LogP contribution in [0.5, 0.6) is 0 Å². The van der Waals surface area contributed by atoms with E-state index in [9.17, 15) is 0 Å². The number of para-hydroxylation sites is 6. The zero-order valence-corrected chi connectivity index (χ0v) is 59.6. The Balaban J connectivity index is 0.000000132. The van der Waals surface area contributed by atoms with Crippen molar-refractivity contribution in [3.63, 3.8) is 0 Å². The molecule has 0 amide bonds. The molecular formula is C104H64N4O2. The molecule has 512 valence electrons. The number of hydrogen-bond donors (Lipinski definition) is 0. The highest BCUT2D eigenvalue weighted by molar-refractivity contribution is 6.16. The monoisotopic (exact) mass is 1400 g/mol. The van der Waals surface area contributed by atoms with Crippen LogP contribution in [0.4, 0.5) is 0 Å². The van der Waals surface area contributed by atoms with E-state index in [1.165, 1.54) is 165 Å². The van der Waals surface area contributed by atoms with Crippen molar-refractivity contribution in [1.82, 2.24) is 18.3 Å². The Hall–Kier alpha value is -14.7. The second kappa shape index (κ2) is 24.4. The minimum absolute atomic E-state index is 0.911. The van der Waals surface area contributed by atoms with Gasteiger partial charge < -0.3 is 27.1 Å². The van der Waals surface area contributed by atoms with Crippen LogP contribution in [0.25, 0.3) is 220 Å². The molecule has 6 aromatic heterocycles. The van der Waals surface area contributed by atoms with Gasteiger partial charge in [-0.15, -0.1) is 0 Å². The summed E-state index contributed by atoms with van der Waals surface area (Å²) in [4.78, 5) is 0. The topological polar surface area (TPSA) is 46.0 Å². The highest BCUT2D eigenvalue weighted by Gasteiger charge is 2.21. The summed E-state index contributed by atoms with van der Waals surface area (Å²) in [6, 6.07) is 141. The zero-order chi connectivity index (χ0) is 72.1. The molecule has 0 radical (unpaired) electrons. The molecule has 0 aliphatic carbocycles. The van der Waals surface area contributed by atoms with Crippen molar-refractivity contribution < 1.29 is 8.83 Å². The van der Waals surface area contributed by atoms with Gasteiger partial charge in [-0.2, -0.15) is 0 Å². The first-order chi connectivity index (χ1) is 54.5. The van der Waals surface area contributed by atoms with Crippen molar-refractivity contribution in [2.45, 2.75) is 0 Å². The molecule has 0 aliphatic rings. The van der Waals surface area contributed by atoms with Gasteiger partial charge in [0.1, 0.15) is 22.3 Å². The average molecular weight is 1400 g/mol. The third kappa shape index (κ3) is 9.76. The summed E-state index contributed by atoms with van der Waals surface area (Å²) in [6.45, 7) is 0. The van der Waals surface area contributed by atoms with Gasteiger partial charge >= 0.3 is 0 Å². The third-order valence-corrected chi connectivity index (χ3v) is 23.0. The fourth-order valence-electron chi connectivity index (χ4n) is 17.8. The number of nitrogens with zero attached hydrogens (tertiary/aromatic N) is 4. The maximum atomic E-state index is 6.13. The summed E-state index contributed by atoms with van der Waals surface area (Å²) >= 11 is 0. The highest BCUT2D eigenvalue weighted by Crippen LogP contribution is 2.44. The predicted molar refractivity (Wildman–Crippen MR) is 462 cm³/mol. The van der Waals surface area contributed by atoms with Crippen LogP contribution < -0.4 is 0 Å². The van der Waals surface area contributed by atoms with Crippen molar-refractivity contribution in [3.05, 3.63) is 388 Å². The lowest BCUT2D eigenvalue weighted by Gasteiger charge is -2.11. The Labute approximate surface area is 631 Å². The van der Waals surface area contributed by atoms with Crippen LogP contribution >= 0.6 is 0 Å². The molecule has 0 atom stereocenters. The van der Waals surface area contributed by atoms with Gasteiger partial charge in [0.15, 0.2) is 0 Å². The van der Waals surface area contributed by atoms with Gasteiger partial charge in [-0.1, -0.05) is 231 Å². The second-order valence-electron chi connectivity index (χ2n) is 29.1. The van der Waals surface area contributed by atoms with Gasteiger partial charge in [-0.25, -0.2) is 0 Å². The normalized spacial score (nSPS) is 12.0. The van der Waals surface area contributed by atoms with Gasteiger partial charge in [0.2, 0.25) is 0 Å². The molecule has 0 saturated carbocycles. The average Bonchev–Trinajstić information content (AvgIpc) is 1.58. The molecule has 24 rings (SSSR count). The molecule has 110 heavy (non-hydrogen) atoms. The maximum Gasteiger partial charge on any atom is 0.135 e. The minimum Gasteiger partial charge on any atom is -0.456 e. The van der Waals surface area contributed by atoms with E-state index < -0.39 is 0 Å². The Bertz CT molecular complexity index is 7930. The van der Waals surface area contributed by atoms with E-state index in [0.29, 0.717) is 0 Å². The molecule has 0 aliphatic heterocycles. The number of fused-ring (bicyclic) bond motifs is 20. The van der Waals surface area contributed by atoms with Crippen molar-refractivity contribution >= 4 is 153 Å². The maximum absolute atomic E-state index is 6.13. The van der Waals surface area contributed by atoms with Crippen molar-refractivity contribution in [1.29, 1.82) is 0 Å². The second-order valence-corrected chi connectivity index (χ2v) is 29.1. The van der Waals surface area contributed by atoms with Crippen LogP contribution in [0.2, 0.25) is 0 Å². The van der Waals surface area contributed by atoms with E-state index in [4.69, 9.17) is 8.83 Å². The molecule has 6 heteroatoms. The van der Waals surface area contributed by atoms with Gasteiger partial charge in [0.25, 0.3) is 0 Å². The van der Waals surface area contributed by atoms with Crippen LogP contribution in [0.3, 0.4) is 0 Å². The number of furan rings is 2. The minimum atomic E-state index is 0.911. The molecule has 0 fully saturated rings. The van der Waals surface area contributed by atoms with Crippen LogP contribution in [-0.4, -0.2) is 18.3 Å². The van der Waals surface area contributed by atoms with Gasteiger partial charge in [-0.3, -0.25) is 0 Å². The summed E-state index contributed by atoms with van der Waals surface area (Å²) in [7, 11) is 0. The van der Waals surface area contributed by atoms with Gasteiger partial charge in [0, 0.05) is 87.4 Å². The van der Waals surface area contributed by atoms with E-state index in [-0.39, 0.29) is 0 Å². The van der Waals surface area contributed by atoms with Crippen molar-refractivity contribution in [2.75, 3.05) is 0 Å². The largest absolute Gasteiger partial charge is 0.456 e. The highest BCUT2D eigenvalue weighted by atomic mass is 16.3. The summed E-state index contributed by atoms with van der Waals surface area (Å²) in [6.07, 6.45) is 0. The lowest BCUT2D eigenvalue weighted by molar-refractivity contribution is 0.668. The Morgan fingerprint density at radius 3 is 0.818 bits per heavy atom. The predicted octanol–water partition coefficient (Wildman–Crippen LogP) is 28.5. The molecule has 0 unspecified atom stereocenters. The molecule has 0 N–H and O–H groups in total. The molecular weight excluding hydrogens is 1340 g/mol. The zero-order valence-electron chi connectivity index (χ0n) is 59.6. The van der Waals surface area contributed by atoms with Crippen LogP contribution in [0.1, 0.15) is 0 Å². The Kier molecular flexibility index (Phi) is 13.7. The smallest absolute Gasteiger partial charge is 0.135 e. The van der Waals surface area contributed by atoms with Crippen molar-refractivity contribution in [2.24, 2.45) is 0 Å².